The first-order valence-electron chi connectivity index (χ1n) is 6.95. The van der Waals surface area contributed by atoms with Gasteiger partial charge in [0.15, 0.2) is 6.29 Å². The zero-order chi connectivity index (χ0) is 16.1. The van der Waals surface area contributed by atoms with Crippen molar-refractivity contribution in [1.82, 2.24) is 0 Å². The molecular weight excluding hydrogens is 307 g/mol. The lowest BCUT2D eigenvalue weighted by molar-refractivity contribution is 0.112. The Labute approximate surface area is 133 Å². The molecule has 0 aliphatic heterocycles. The highest BCUT2D eigenvalue weighted by Gasteiger charge is 2.20. The predicted molar refractivity (Wildman–Crippen MR) is 84.6 cm³/mol. The van der Waals surface area contributed by atoms with Crippen LogP contribution in [0, 0.1) is 5.82 Å². The van der Waals surface area contributed by atoms with Crippen LogP contribution in [0.2, 0.25) is 5.02 Å². The lowest BCUT2D eigenvalue weighted by Crippen LogP contribution is -2.02. The van der Waals surface area contributed by atoms with Gasteiger partial charge in [0.05, 0.1) is 23.8 Å². The van der Waals surface area contributed by atoms with E-state index in [4.69, 9.17) is 21.1 Å². The fraction of sp³-hybridized carbons (Fsp3) is 0.235. The van der Waals surface area contributed by atoms with Crippen molar-refractivity contribution in [1.29, 1.82) is 0 Å². The van der Waals surface area contributed by atoms with Crippen LogP contribution in [-0.4, -0.2) is 19.5 Å². The summed E-state index contributed by atoms with van der Waals surface area (Å²) in [5.74, 6) is 0.503. The second-order valence-electron chi connectivity index (χ2n) is 4.47. The minimum absolute atomic E-state index is 0.222. The van der Waals surface area contributed by atoms with E-state index >= 15 is 0 Å². The summed E-state index contributed by atoms with van der Waals surface area (Å²) >= 11 is 6.26. The van der Waals surface area contributed by atoms with Gasteiger partial charge in [-0.25, -0.2) is 4.39 Å². The summed E-state index contributed by atoms with van der Waals surface area (Å²) in [5, 5.41) is 0.222. The molecule has 5 heteroatoms. The molecule has 116 valence electrons. The second-order valence-corrected chi connectivity index (χ2v) is 4.85. The number of benzene rings is 2. The van der Waals surface area contributed by atoms with Crippen LogP contribution in [0.4, 0.5) is 4.39 Å². The van der Waals surface area contributed by atoms with Gasteiger partial charge >= 0.3 is 0 Å². The maximum absolute atomic E-state index is 13.2. The topological polar surface area (TPSA) is 35.5 Å². The van der Waals surface area contributed by atoms with E-state index in [1.165, 1.54) is 12.1 Å². The highest BCUT2D eigenvalue weighted by atomic mass is 35.5. The molecule has 0 fully saturated rings. The van der Waals surface area contributed by atoms with Crippen LogP contribution < -0.4 is 9.47 Å². The van der Waals surface area contributed by atoms with Crippen LogP contribution in [0.5, 0.6) is 11.5 Å². The summed E-state index contributed by atoms with van der Waals surface area (Å²) in [4.78, 5) is 11.2. The molecular formula is C17H16ClFO3. The third-order valence-corrected chi connectivity index (χ3v) is 3.45. The van der Waals surface area contributed by atoms with Gasteiger partial charge in [0.25, 0.3) is 0 Å². The van der Waals surface area contributed by atoms with Crippen molar-refractivity contribution in [2.24, 2.45) is 0 Å². The lowest BCUT2D eigenvalue weighted by Gasteiger charge is -2.18. The molecule has 0 amide bonds. The Morgan fingerprint density at radius 1 is 1.14 bits per heavy atom. The SMILES string of the molecule is CCOc1cc(C=O)c(Cl)c(OCC)c1-c1ccc(F)cc1. The van der Waals surface area contributed by atoms with Crippen molar-refractivity contribution in [3.8, 4) is 22.6 Å². The molecule has 0 radical (unpaired) electrons. The van der Waals surface area contributed by atoms with Gasteiger partial charge in [-0.15, -0.1) is 0 Å². The van der Waals surface area contributed by atoms with Crippen LogP contribution in [0.3, 0.4) is 0 Å². The monoisotopic (exact) mass is 322 g/mol. The van der Waals surface area contributed by atoms with Gasteiger partial charge in [-0.3, -0.25) is 4.79 Å². The van der Waals surface area contributed by atoms with E-state index in [2.05, 4.69) is 0 Å². The quantitative estimate of drug-likeness (QED) is 0.719. The molecule has 0 N–H and O–H groups in total. The molecule has 0 heterocycles. The van der Waals surface area contributed by atoms with Crippen molar-refractivity contribution in [3.05, 3.63) is 46.7 Å². The van der Waals surface area contributed by atoms with Gasteiger partial charge in [0, 0.05) is 5.56 Å². The first-order chi connectivity index (χ1) is 10.6. The normalized spacial score (nSPS) is 10.4. The number of aldehydes is 1. The molecule has 0 atom stereocenters. The van der Waals surface area contributed by atoms with Crippen LogP contribution in [0.25, 0.3) is 11.1 Å². The van der Waals surface area contributed by atoms with Crippen molar-refractivity contribution in [2.75, 3.05) is 13.2 Å². The number of halogens is 2. The Bertz CT molecular complexity index is 669. The van der Waals surface area contributed by atoms with Gasteiger partial charge in [-0.2, -0.15) is 0 Å². The van der Waals surface area contributed by atoms with Crippen molar-refractivity contribution >= 4 is 17.9 Å². The maximum Gasteiger partial charge on any atom is 0.151 e. The van der Waals surface area contributed by atoms with Crippen LogP contribution in [0.1, 0.15) is 24.2 Å². The zero-order valence-electron chi connectivity index (χ0n) is 12.4. The Balaban J connectivity index is 2.74. The average Bonchev–Trinajstić information content (AvgIpc) is 2.52. The van der Waals surface area contributed by atoms with E-state index in [1.54, 1.807) is 18.2 Å². The lowest BCUT2D eigenvalue weighted by atomic mass is 10.0. The molecule has 0 aromatic heterocycles. The zero-order valence-corrected chi connectivity index (χ0v) is 13.1. The van der Waals surface area contributed by atoms with E-state index < -0.39 is 0 Å². The van der Waals surface area contributed by atoms with Crippen LogP contribution in [0.15, 0.2) is 30.3 Å². The van der Waals surface area contributed by atoms with Gasteiger partial charge < -0.3 is 9.47 Å². The summed E-state index contributed by atoms with van der Waals surface area (Å²) in [6, 6.07) is 7.50. The summed E-state index contributed by atoms with van der Waals surface area (Å²) < 4.78 is 24.4. The molecule has 0 unspecified atom stereocenters. The van der Waals surface area contributed by atoms with Crippen molar-refractivity contribution < 1.29 is 18.7 Å². The minimum atomic E-state index is -0.338. The standard InChI is InChI=1S/C17H16ClFO3/c1-3-21-14-9-12(10-20)16(18)17(22-4-2)15(14)11-5-7-13(19)8-6-11/h5-10H,3-4H2,1-2H3. The summed E-state index contributed by atoms with van der Waals surface area (Å²) in [6.45, 7) is 4.45. The smallest absolute Gasteiger partial charge is 0.151 e. The molecule has 0 aliphatic carbocycles. The van der Waals surface area contributed by atoms with E-state index in [0.717, 1.165) is 0 Å². The first kappa shape index (κ1) is 16.3. The average molecular weight is 323 g/mol. The van der Waals surface area contributed by atoms with E-state index in [-0.39, 0.29) is 10.8 Å². The Kier molecular flexibility index (Phi) is 5.39. The fourth-order valence-electron chi connectivity index (χ4n) is 2.15. The number of hydrogen-bond acceptors (Lipinski definition) is 3. The molecule has 0 bridgehead atoms. The van der Waals surface area contributed by atoms with Crippen molar-refractivity contribution in [3.63, 3.8) is 0 Å². The number of rotatable bonds is 6. The molecule has 0 spiro atoms. The Hall–Kier alpha value is -2.07. The first-order valence-corrected chi connectivity index (χ1v) is 7.33. The van der Waals surface area contributed by atoms with E-state index in [1.807, 2.05) is 13.8 Å². The van der Waals surface area contributed by atoms with Crippen LogP contribution >= 0.6 is 11.6 Å². The van der Waals surface area contributed by atoms with Crippen molar-refractivity contribution in [2.45, 2.75) is 13.8 Å². The summed E-state index contributed by atoms with van der Waals surface area (Å²) in [5.41, 5.74) is 1.60. The molecule has 0 saturated carbocycles. The van der Waals surface area contributed by atoms with Gasteiger partial charge in [0.2, 0.25) is 0 Å². The molecule has 0 saturated heterocycles. The Morgan fingerprint density at radius 3 is 2.32 bits per heavy atom. The Morgan fingerprint density at radius 2 is 1.77 bits per heavy atom. The number of ether oxygens (including phenoxy) is 2. The highest BCUT2D eigenvalue weighted by Crippen LogP contribution is 2.45. The number of carbonyl (C=O) groups is 1. The summed E-state index contributed by atoms with van der Waals surface area (Å²) in [7, 11) is 0. The molecule has 2 rings (SSSR count). The highest BCUT2D eigenvalue weighted by molar-refractivity contribution is 6.35. The third kappa shape index (κ3) is 3.22. The second kappa shape index (κ2) is 7.27. The molecule has 3 nitrogen and oxygen atoms in total. The fourth-order valence-corrected chi connectivity index (χ4v) is 2.40. The molecule has 2 aromatic carbocycles. The molecule has 2 aromatic rings. The summed E-state index contributed by atoms with van der Waals surface area (Å²) in [6.07, 6.45) is 0.655. The third-order valence-electron chi connectivity index (χ3n) is 3.06. The van der Waals surface area contributed by atoms with Gasteiger partial charge in [-0.05, 0) is 37.6 Å². The van der Waals surface area contributed by atoms with Gasteiger partial charge in [-0.1, -0.05) is 23.7 Å². The van der Waals surface area contributed by atoms with E-state index in [9.17, 15) is 9.18 Å². The predicted octanol–water partition coefficient (Wildman–Crippen LogP) is 4.76. The minimum Gasteiger partial charge on any atom is -0.493 e. The number of hydrogen-bond donors (Lipinski definition) is 0. The largest absolute Gasteiger partial charge is 0.493 e. The molecule has 0 aliphatic rings. The van der Waals surface area contributed by atoms with Crippen LogP contribution in [-0.2, 0) is 0 Å². The van der Waals surface area contributed by atoms with E-state index in [0.29, 0.717) is 47.7 Å². The van der Waals surface area contributed by atoms with Gasteiger partial charge in [0.1, 0.15) is 17.3 Å². The maximum atomic E-state index is 13.2. The number of carbonyl (C=O) groups excluding carboxylic acids is 1. The molecule has 22 heavy (non-hydrogen) atoms.